The minimum absolute atomic E-state index is 0.146. The van der Waals surface area contributed by atoms with Gasteiger partial charge in [-0.15, -0.1) is 0 Å². The van der Waals surface area contributed by atoms with Crippen LogP contribution < -0.4 is 11.1 Å². The lowest BCUT2D eigenvalue weighted by Gasteiger charge is -2.09. The molecule has 0 saturated heterocycles. The molecule has 0 spiro atoms. The summed E-state index contributed by atoms with van der Waals surface area (Å²) in [5, 5.41) is 2.44. The largest absolute Gasteiger partial charge is 0.433 e. The molecule has 0 unspecified atom stereocenters. The van der Waals surface area contributed by atoms with E-state index in [1.165, 1.54) is 6.07 Å². The second-order valence-corrected chi connectivity index (χ2v) is 5.03. The standard InChI is InChI=1S/C13H9BrF3N3O/c14-7-1-3-10(18)9(5-7)12(21)20-8-2-4-11(19-6-8)13(15,16)17/h1-6H,18H2,(H,20,21). The minimum atomic E-state index is -4.52. The van der Waals surface area contributed by atoms with Gasteiger partial charge < -0.3 is 11.1 Å². The third kappa shape index (κ3) is 3.72. The maximum atomic E-state index is 12.4. The topological polar surface area (TPSA) is 68.0 Å². The summed E-state index contributed by atoms with van der Waals surface area (Å²) in [4.78, 5) is 15.3. The number of nitrogens with one attached hydrogen (secondary N) is 1. The van der Waals surface area contributed by atoms with Gasteiger partial charge in [0.15, 0.2) is 0 Å². The molecule has 1 aromatic carbocycles. The SMILES string of the molecule is Nc1ccc(Br)cc1C(=O)Nc1ccc(C(F)(F)F)nc1. The number of amides is 1. The number of halogens is 4. The van der Waals surface area contributed by atoms with E-state index >= 15 is 0 Å². The van der Waals surface area contributed by atoms with Gasteiger partial charge in [-0.2, -0.15) is 13.2 Å². The van der Waals surface area contributed by atoms with Gasteiger partial charge in [-0.25, -0.2) is 4.98 Å². The fraction of sp³-hybridized carbons (Fsp3) is 0.0769. The summed E-state index contributed by atoms with van der Waals surface area (Å²) in [6.07, 6.45) is -3.58. The number of nitrogen functional groups attached to an aromatic ring is 1. The molecule has 21 heavy (non-hydrogen) atoms. The highest BCUT2D eigenvalue weighted by Gasteiger charge is 2.32. The average Bonchev–Trinajstić information content (AvgIpc) is 2.41. The van der Waals surface area contributed by atoms with Gasteiger partial charge in [-0.3, -0.25) is 4.79 Å². The summed E-state index contributed by atoms with van der Waals surface area (Å²) in [5.41, 5.74) is 5.27. The Balaban J connectivity index is 2.18. The van der Waals surface area contributed by atoms with E-state index in [0.29, 0.717) is 4.47 Å². The Kier molecular flexibility index (Phi) is 4.17. The zero-order valence-electron chi connectivity index (χ0n) is 10.4. The number of hydrogen-bond donors (Lipinski definition) is 2. The number of carbonyl (C=O) groups excluding carboxylic acids is 1. The Morgan fingerprint density at radius 3 is 2.52 bits per heavy atom. The summed E-state index contributed by atoms with van der Waals surface area (Å²) in [6.45, 7) is 0. The highest BCUT2D eigenvalue weighted by molar-refractivity contribution is 9.10. The van der Waals surface area contributed by atoms with Crippen LogP contribution in [-0.2, 0) is 6.18 Å². The second kappa shape index (κ2) is 5.72. The van der Waals surface area contributed by atoms with Gasteiger partial charge in [0.2, 0.25) is 0 Å². The molecule has 0 aliphatic carbocycles. The van der Waals surface area contributed by atoms with Crippen molar-refractivity contribution >= 4 is 33.2 Å². The van der Waals surface area contributed by atoms with Gasteiger partial charge in [0.1, 0.15) is 5.69 Å². The number of nitrogens with zero attached hydrogens (tertiary/aromatic N) is 1. The van der Waals surface area contributed by atoms with E-state index in [0.717, 1.165) is 18.3 Å². The highest BCUT2D eigenvalue weighted by atomic mass is 79.9. The van der Waals surface area contributed by atoms with Gasteiger partial charge in [0.25, 0.3) is 5.91 Å². The predicted octanol–water partition coefficient (Wildman–Crippen LogP) is 3.70. The summed E-state index contributed by atoms with van der Waals surface area (Å²) in [6, 6.07) is 6.65. The minimum Gasteiger partial charge on any atom is -0.398 e. The number of rotatable bonds is 2. The van der Waals surface area contributed by atoms with Crippen LogP contribution in [0.1, 0.15) is 16.1 Å². The Morgan fingerprint density at radius 2 is 1.95 bits per heavy atom. The van der Waals surface area contributed by atoms with Crippen molar-refractivity contribution in [2.24, 2.45) is 0 Å². The smallest absolute Gasteiger partial charge is 0.398 e. The Morgan fingerprint density at radius 1 is 1.24 bits per heavy atom. The molecule has 110 valence electrons. The number of nitrogens with two attached hydrogens (primary N) is 1. The zero-order chi connectivity index (χ0) is 15.6. The zero-order valence-corrected chi connectivity index (χ0v) is 12.0. The molecule has 0 aliphatic heterocycles. The first-order chi connectivity index (χ1) is 9.77. The molecule has 8 heteroatoms. The number of benzene rings is 1. The van der Waals surface area contributed by atoms with Crippen LogP contribution in [0.15, 0.2) is 41.0 Å². The Hall–Kier alpha value is -2.09. The number of pyridine rings is 1. The van der Waals surface area contributed by atoms with Crippen molar-refractivity contribution in [3.05, 3.63) is 52.3 Å². The lowest BCUT2D eigenvalue weighted by atomic mass is 10.1. The molecule has 0 atom stereocenters. The van der Waals surface area contributed by atoms with Crippen LogP contribution in [0.4, 0.5) is 24.5 Å². The summed E-state index contributed by atoms with van der Waals surface area (Å²) < 4.78 is 37.8. The van der Waals surface area contributed by atoms with Crippen LogP contribution in [0.5, 0.6) is 0 Å². The van der Waals surface area contributed by atoms with Crippen LogP contribution in [0, 0.1) is 0 Å². The van der Waals surface area contributed by atoms with Crippen LogP contribution in [0.2, 0.25) is 0 Å². The fourth-order valence-corrected chi connectivity index (χ4v) is 1.92. The van der Waals surface area contributed by atoms with E-state index in [9.17, 15) is 18.0 Å². The van der Waals surface area contributed by atoms with Crippen molar-refractivity contribution in [2.75, 3.05) is 11.1 Å². The molecule has 0 fully saturated rings. The highest BCUT2D eigenvalue weighted by Crippen LogP contribution is 2.28. The van der Waals surface area contributed by atoms with E-state index in [2.05, 4.69) is 26.2 Å². The maximum Gasteiger partial charge on any atom is 0.433 e. The van der Waals surface area contributed by atoms with E-state index in [-0.39, 0.29) is 16.9 Å². The van der Waals surface area contributed by atoms with Crippen molar-refractivity contribution < 1.29 is 18.0 Å². The van der Waals surface area contributed by atoms with E-state index < -0.39 is 17.8 Å². The summed E-state index contributed by atoms with van der Waals surface area (Å²) in [5.74, 6) is -0.532. The average molecular weight is 360 g/mol. The molecule has 1 heterocycles. The molecule has 0 radical (unpaired) electrons. The molecule has 2 rings (SSSR count). The molecule has 0 aliphatic rings. The van der Waals surface area contributed by atoms with E-state index in [4.69, 9.17) is 5.73 Å². The Bertz CT molecular complexity index is 671. The second-order valence-electron chi connectivity index (χ2n) is 4.12. The predicted molar refractivity (Wildman–Crippen MR) is 75.7 cm³/mol. The van der Waals surface area contributed by atoms with E-state index in [1.807, 2.05) is 0 Å². The van der Waals surface area contributed by atoms with Gasteiger partial charge in [-0.05, 0) is 30.3 Å². The molecule has 1 aromatic heterocycles. The van der Waals surface area contributed by atoms with Crippen molar-refractivity contribution in [1.82, 2.24) is 4.98 Å². The van der Waals surface area contributed by atoms with Crippen LogP contribution in [0.25, 0.3) is 0 Å². The summed E-state index contributed by atoms with van der Waals surface area (Å²) >= 11 is 3.21. The molecular formula is C13H9BrF3N3O. The first-order valence-electron chi connectivity index (χ1n) is 5.67. The summed E-state index contributed by atoms with van der Waals surface area (Å²) in [7, 11) is 0. The first-order valence-corrected chi connectivity index (χ1v) is 6.46. The third-order valence-corrected chi connectivity index (χ3v) is 3.07. The van der Waals surface area contributed by atoms with Gasteiger partial charge >= 0.3 is 6.18 Å². The Labute approximate surface area is 126 Å². The van der Waals surface area contributed by atoms with Crippen LogP contribution in [-0.4, -0.2) is 10.9 Å². The molecular weight excluding hydrogens is 351 g/mol. The number of carbonyl (C=O) groups is 1. The third-order valence-electron chi connectivity index (χ3n) is 2.57. The van der Waals surface area contributed by atoms with Gasteiger partial charge in [0, 0.05) is 10.2 Å². The fourth-order valence-electron chi connectivity index (χ4n) is 1.56. The number of anilines is 2. The number of aromatic nitrogens is 1. The van der Waals surface area contributed by atoms with Gasteiger partial charge in [-0.1, -0.05) is 15.9 Å². The first kappa shape index (κ1) is 15.3. The molecule has 0 saturated carbocycles. The van der Waals surface area contributed by atoms with Crippen LogP contribution in [0.3, 0.4) is 0 Å². The maximum absolute atomic E-state index is 12.4. The quantitative estimate of drug-likeness (QED) is 0.803. The molecule has 3 N–H and O–H groups in total. The normalized spacial score (nSPS) is 11.2. The van der Waals surface area contributed by atoms with Crippen molar-refractivity contribution in [2.45, 2.75) is 6.18 Å². The van der Waals surface area contributed by atoms with Crippen LogP contribution >= 0.6 is 15.9 Å². The van der Waals surface area contributed by atoms with Crippen molar-refractivity contribution in [1.29, 1.82) is 0 Å². The van der Waals surface area contributed by atoms with Gasteiger partial charge in [0.05, 0.1) is 17.4 Å². The van der Waals surface area contributed by atoms with Crippen molar-refractivity contribution in [3.63, 3.8) is 0 Å². The molecule has 1 amide bonds. The van der Waals surface area contributed by atoms with E-state index in [1.54, 1.807) is 12.1 Å². The number of alkyl halides is 3. The van der Waals surface area contributed by atoms with Crippen molar-refractivity contribution in [3.8, 4) is 0 Å². The lowest BCUT2D eigenvalue weighted by Crippen LogP contribution is -2.15. The molecule has 2 aromatic rings. The monoisotopic (exact) mass is 359 g/mol. The number of hydrogen-bond acceptors (Lipinski definition) is 3. The molecule has 4 nitrogen and oxygen atoms in total. The lowest BCUT2D eigenvalue weighted by molar-refractivity contribution is -0.141. The molecule has 0 bridgehead atoms.